The lowest BCUT2D eigenvalue weighted by Gasteiger charge is -2.20. The van der Waals surface area contributed by atoms with E-state index in [1.807, 2.05) is 18.7 Å². The molecule has 0 atom stereocenters. The Morgan fingerprint density at radius 3 is 2.61 bits per heavy atom. The number of benzene rings is 2. The predicted octanol–water partition coefficient (Wildman–Crippen LogP) is 4.48. The summed E-state index contributed by atoms with van der Waals surface area (Å²) in [5, 5.41) is 0.504. The van der Waals surface area contributed by atoms with Crippen molar-refractivity contribution in [2.24, 2.45) is 5.92 Å². The number of nitrogens with zero attached hydrogens (tertiary/aromatic N) is 1. The van der Waals surface area contributed by atoms with Crippen LogP contribution < -0.4 is 9.62 Å². The highest BCUT2D eigenvalue weighted by molar-refractivity contribution is 7.92. The Labute approximate surface area is 170 Å². The molecule has 1 saturated carbocycles. The molecule has 148 valence electrons. The summed E-state index contributed by atoms with van der Waals surface area (Å²) in [6.07, 6.45) is 1.89. The molecule has 0 radical (unpaired) electrons. The van der Waals surface area contributed by atoms with Crippen LogP contribution in [0.3, 0.4) is 0 Å². The van der Waals surface area contributed by atoms with Gasteiger partial charge in [0.15, 0.2) is 0 Å². The van der Waals surface area contributed by atoms with E-state index in [1.54, 1.807) is 43.3 Å². The van der Waals surface area contributed by atoms with Crippen LogP contribution in [0.5, 0.6) is 0 Å². The molecular formula is C21H23ClN2O3S. The second-order valence-electron chi connectivity index (χ2n) is 8.28. The van der Waals surface area contributed by atoms with Crippen LogP contribution in [0.15, 0.2) is 41.3 Å². The van der Waals surface area contributed by atoms with Crippen molar-refractivity contribution in [1.82, 2.24) is 0 Å². The molecule has 7 heteroatoms. The van der Waals surface area contributed by atoms with Crippen LogP contribution in [0.4, 0.5) is 11.4 Å². The van der Waals surface area contributed by atoms with Gasteiger partial charge in [0, 0.05) is 28.6 Å². The summed E-state index contributed by atoms with van der Waals surface area (Å²) in [7, 11) is -3.78. The number of rotatable bonds is 4. The molecule has 28 heavy (non-hydrogen) atoms. The molecule has 1 fully saturated rings. The second kappa shape index (κ2) is 6.49. The Morgan fingerprint density at radius 1 is 1.21 bits per heavy atom. The van der Waals surface area contributed by atoms with Crippen LogP contribution in [0.25, 0.3) is 0 Å². The van der Waals surface area contributed by atoms with Gasteiger partial charge in [-0.3, -0.25) is 9.52 Å². The first-order chi connectivity index (χ1) is 13.1. The Kier molecular flexibility index (Phi) is 4.47. The smallest absolute Gasteiger partial charge is 0.261 e. The number of hydrogen-bond acceptors (Lipinski definition) is 3. The highest BCUT2D eigenvalue weighted by atomic mass is 35.5. The molecule has 0 aromatic heterocycles. The highest BCUT2D eigenvalue weighted by Gasteiger charge is 2.43. The van der Waals surface area contributed by atoms with Crippen molar-refractivity contribution in [2.45, 2.75) is 43.9 Å². The van der Waals surface area contributed by atoms with Crippen LogP contribution in [0.1, 0.15) is 37.8 Å². The van der Waals surface area contributed by atoms with Crippen molar-refractivity contribution in [3.05, 3.63) is 52.5 Å². The first-order valence-electron chi connectivity index (χ1n) is 9.34. The van der Waals surface area contributed by atoms with E-state index in [2.05, 4.69) is 4.72 Å². The maximum Gasteiger partial charge on any atom is 0.261 e. The van der Waals surface area contributed by atoms with Crippen molar-refractivity contribution in [3.8, 4) is 0 Å². The number of nitrogens with one attached hydrogen (secondary N) is 1. The van der Waals surface area contributed by atoms with Gasteiger partial charge >= 0.3 is 0 Å². The number of carbonyl (C=O) groups is 1. The lowest BCUT2D eigenvalue weighted by Crippen LogP contribution is -2.34. The molecule has 2 aromatic carbocycles. The number of halogens is 1. The molecule has 0 bridgehead atoms. The van der Waals surface area contributed by atoms with Gasteiger partial charge in [-0.1, -0.05) is 31.5 Å². The van der Waals surface area contributed by atoms with E-state index < -0.39 is 10.0 Å². The molecule has 1 N–H and O–H groups in total. The third kappa shape index (κ3) is 3.29. The van der Waals surface area contributed by atoms with Gasteiger partial charge in [-0.15, -0.1) is 0 Å². The summed E-state index contributed by atoms with van der Waals surface area (Å²) in [4.78, 5) is 14.6. The summed E-state index contributed by atoms with van der Waals surface area (Å²) in [5.74, 6) is 0.271. The largest absolute Gasteiger partial charge is 0.311 e. The zero-order chi connectivity index (χ0) is 20.3. The topological polar surface area (TPSA) is 66.5 Å². The minimum absolute atomic E-state index is 0.123. The van der Waals surface area contributed by atoms with Gasteiger partial charge in [-0.05, 0) is 61.2 Å². The number of anilines is 2. The lowest BCUT2D eigenvalue weighted by atomic mass is 9.87. The standard InChI is InChI=1S/C21H23ClN2O3S/c1-13-17(22)5-4-6-18(13)23-28(26,27)15-9-10-19-16(11-15)21(2,3)12-24(19)20(25)14-7-8-14/h4-6,9-11,14,23H,7-8,12H2,1-3H3. The van der Waals surface area contributed by atoms with E-state index in [0.29, 0.717) is 22.8 Å². The summed E-state index contributed by atoms with van der Waals surface area (Å²) >= 11 is 6.11. The SMILES string of the molecule is Cc1c(Cl)cccc1NS(=O)(=O)c1ccc2c(c1)C(C)(C)CN2C(=O)C1CC1. The third-order valence-corrected chi connectivity index (χ3v) is 7.33. The Hall–Kier alpha value is -2.05. The third-order valence-electron chi connectivity index (χ3n) is 5.56. The van der Waals surface area contributed by atoms with Gasteiger partial charge in [-0.25, -0.2) is 8.42 Å². The Balaban J connectivity index is 1.70. The van der Waals surface area contributed by atoms with E-state index in [4.69, 9.17) is 11.6 Å². The van der Waals surface area contributed by atoms with Gasteiger partial charge in [-0.2, -0.15) is 0 Å². The zero-order valence-corrected chi connectivity index (χ0v) is 17.7. The number of hydrogen-bond donors (Lipinski definition) is 1. The van der Waals surface area contributed by atoms with Gasteiger partial charge in [0.1, 0.15) is 0 Å². The van der Waals surface area contributed by atoms with Crippen LogP contribution in [0.2, 0.25) is 5.02 Å². The van der Waals surface area contributed by atoms with Crippen LogP contribution in [-0.4, -0.2) is 20.9 Å². The van der Waals surface area contributed by atoms with Crippen molar-refractivity contribution < 1.29 is 13.2 Å². The molecule has 5 nitrogen and oxygen atoms in total. The maximum absolute atomic E-state index is 13.0. The molecule has 1 amide bonds. The second-order valence-corrected chi connectivity index (χ2v) is 10.4. The molecule has 1 heterocycles. The van der Waals surface area contributed by atoms with E-state index in [1.165, 1.54) is 0 Å². The summed E-state index contributed by atoms with van der Waals surface area (Å²) in [5.41, 5.74) is 2.53. The van der Waals surface area contributed by atoms with Crippen molar-refractivity contribution in [2.75, 3.05) is 16.2 Å². The molecular weight excluding hydrogens is 396 g/mol. The summed E-state index contributed by atoms with van der Waals surface area (Å²) in [6, 6.07) is 10.1. The fraction of sp³-hybridized carbons (Fsp3) is 0.381. The quantitative estimate of drug-likeness (QED) is 0.795. The summed E-state index contributed by atoms with van der Waals surface area (Å²) < 4.78 is 28.6. The zero-order valence-electron chi connectivity index (χ0n) is 16.1. The Bertz CT molecular complexity index is 1080. The maximum atomic E-state index is 13.0. The van der Waals surface area contributed by atoms with Crippen LogP contribution in [-0.2, 0) is 20.2 Å². The number of carbonyl (C=O) groups excluding carboxylic acids is 1. The van der Waals surface area contributed by atoms with E-state index in [0.717, 1.165) is 24.1 Å². The molecule has 2 aliphatic rings. The molecule has 0 spiro atoms. The molecule has 0 unspecified atom stereocenters. The van der Waals surface area contributed by atoms with E-state index in [-0.39, 0.29) is 22.1 Å². The number of fused-ring (bicyclic) bond motifs is 1. The normalized spacial score (nSPS) is 18.1. The summed E-state index contributed by atoms with van der Waals surface area (Å²) in [6.45, 7) is 6.42. The van der Waals surface area contributed by atoms with Crippen molar-refractivity contribution in [3.63, 3.8) is 0 Å². The monoisotopic (exact) mass is 418 g/mol. The lowest BCUT2D eigenvalue weighted by molar-refractivity contribution is -0.119. The number of sulfonamides is 1. The van der Waals surface area contributed by atoms with Crippen LogP contribution >= 0.6 is 11.6 Å². The van der Waals surface area contributed by atoms with Crippen molar-refractivity contribution in [1.29, 1.82) is 0 Å². The van der Waals surface area contributed by atoms with Crippen LogP contribution in [0, 0.1) is 12.8 Å². The first kappa shape index (κ1) is 19.3. The molecule has 1 aliphatic heterocycles. The van der Waals surface area contributed by atoms with Crippen molar-refractivity contribution >= 4 is 38.9 Å². The molecule has 4 rings (SSSR count). The van der Waals surface area contributed by atoms with Gasteiger partial charge < -0.3 is 4.90 Å². The fourth-order valence-electron chi connectivity index (χ4n) is 3.69. The molecule has 1 aliphatic carbocycles. The molecule has 2 aromatic rings. The molecule has 0 saturated heterocycles. The Morgan fingerprint density at radius 2 is 1.93 bits per heavy atom. The minimum atomic E-state index is -3.78. The predicted molar refractivity (Wildman–Crippen MR) is 112 cm³/mol. The van der Waals surface area contributed by atoms with Gasteiger partial charge in [0.2, 0.25) is 5.91 Å². The number of amides is 1. The fourth-order valence-corrected chi connectivity index (χ4v) is 5.02. The minimum Gasteiger partial charge on any atom is -0.311 e. The van der Waals surface area contributed by atoms with Gasteiger partial charge in [0.05, 0.1) is 10.6 Å². The highest BCUT2D eigenvalue weighted by Crippen LogP contribution is 2.44. The van der Waals surface area contributed by atoms with E-state index in [9.17, 15) is 13.2 Å². The first-order valence-corrected chi connectivity index (χ1v) is 11.2. The van der Waals surface area contributed by atoms with E-state index >= 15 is 0 Å². The average Bonchev–Trinajstić information content (AvgIpc) is 3.44. The average molecular weight is 419 g/mol. The van der Waals surface area contributed by atoms with Gasteiger partial charge in [0.25, 0.3) is 10.0 Å².